The number of methoxy groups -OCH3 is 1. The molecular formula is C29H29N5O4S. The summed E-state index contributed by atoms with van der Waals surface area (Å²) in [4.78, 5) is 9.16. The lowest BCUT2D eigenvalue weighted by atomic mass is 9.93. The van der Waals surface area contributed by atoms with E-state index in [4.69, 9.17) is 4.74 Å². The van der Waals surface area contributed by atoms with Crippen LogP contribution < -0.4 is 4.74 Å². The van der Waals surface area contributed by atoms with E-state index in [0.29, 0.717) is 22.5 Å². The zero-order valence-electron chi connectivity index (χ0n) is 21.7. The van der Waals surface area contributed by atoms with Gasteiger partial charge in [0.25, 0.3) is 10.0 Å². The molecule has 6 rings (SSSR count). The SMILES string of the molecule is COc1ccc(-c2cn(S(=O)(=O)c3ccc(C)cc3)c3ncc(-c4cnn(C5CCC(O)CC5)c4)cc23)cn1. The first kappa shape index (κ1) is 25.3. The lowest BCUT2D eigenvalue weighted by Crippen LogP contribution is -2.21. The van der Waals surface area contributed by atoms with Crippen LogP contribution in [0.25, 0.3) is 33.3 Å². The van der Waals surface area contributed by atoms with Crippen molar-refractivity contribution in [1.29, 1.82) is 0 Å². The molecule has 0 amide bonds. The molecular weight excluding hydrogens is 514 g/mol. The van der Waals surface area contributed by atoms with Crippen LogP contribution in [0.5, 0.6) is 5.88 Å². The summed E-state index contributed by atoms with van der Waals surface area (Å²) in [5.41, 5.74) is 4.47. The number of rotatable bonds is 6. The average molecular weight is 544 g/mol. The standard InChI is InChI=1S/C29H29N5O4S/c1-19-3-10-25(11-4-19)39(36,37)34-18-27(20-5-12-28(38-2)30-14-20)26-13-21(15-31-29(26)34)22-16-32-33(17-22)23-6-8-24(35)9-7-23/h3-5,10-18,23-24,35H,6-9H2,1-2H3. The average Bonchev–Trinajstić information content (AvgIpc) is 3.60. The summed E-state index contributed by atoms with van der Waals surface area (Å²) < 4.78 is 35.8. The first-order chi connectivity index (χ1) is 18.8. The highest BCUT2D eigenvalue weighted by Gasteiger charge is 2.25. The van der Waals surface area contributed by atoms with Gasteiger partial charge in [-0.15, -0.1) is 0 Å². The van der Waals surface area contributed by atoms with E-state index in [-0.39, 0.29) is 17.0 Å². The van der Waals surface area contributed by atoms with E-state index in [1.54, 1.807) is 56.0 Å². The minimum absolute atomic E-state index is 0.189. The Morgan fingerprint density at radius 1 is 0.897 bits per heavy atom. The molecule has 4 heterocycles. The highest BCUT2D eigenvalue weighted by Crippen LogP contribution is 2.35. The van der Waals surface area contributed by atoms with Crippen LogP contribution in [-0.4, -0.2) is 50.5 Å². The number of ether oxygens (including phenoxy) is 1. The van der Waals surface area contributed by atoms with Crippen LogP contribution in [0, 0.1) is 6.92 Å². The Balaban J connectivity index is 1.46. The molecule has 4 aromatic heterocycles. The Kier molecular flexibility index (Phi) is 6.44. The van der Waals surface area contributed by atoms with Crippen LogP contribution in [0.15, 0.2) is 78.3 Å². The second kappa shape index (κ2) is 9.94. The number of benzene rings is 1. The number of aryl methyl sites for hydroxylation is 1. The van der Waals surface area contributed by atoms with Gasteiger partial charge >= 0.3 is 0 Å². The molecule has 1 saturated carbocycles. The molecule has 1 aliphatic carbocycles. The van der Waals surface area contributed by atoms with Gasteiger partial charge in [0.15, 0.2) is 5.65 Å². The highest BCUT2D eigenvalue weighted by molar-refractivity contribution is 7.90. The maximum atomic E-state index is 13.7. The first-order valence-corrected chi connectivity index (χ1v) is 14.3. The van der Waals surface area contributed by atoms with Gasteiger partial charge < -0.3 is 9.84 Å². The predicted molar refractivity (Wildman–Crippen MR) is 148 cm³/mol. The van der Waals surface area contributed by atoms with Crippen LogP contribution >= 0.6 is 0 Å². The molecule has 1 aliphatic rings. The fourth-order valence-electron chi connectivity index (χ4n) is 5.14. The number of hydrogen-bond donors (Lipinski definition) is 1. The number of pyridine rings is 2. The zero-order chi connectivity index (χ0) is 27.1. The van der Waals surface area contributed by atoms with E-state index in [1.165, 1.54) is 3.97 Å². The topological polar surface area (TPSA) is 112 Å². The van der Waals surface area contributed by atoms with Gasteiger partial charge in [0.1, 0.15) is 0 Å². The normalized spacial score (nSPS) is 17.9. The smallest absolute Gasteiger partial charge is 0.269 e. The van der Waals surface area contributed by atoms with E-state index < -0.39 is 10.0 Å². The summed E-state index contributed by atoms with van der Waals surface area (Å²) in [5.74, 6) is 0.469. The van der Waals surface area contributed by atoms with Crippen molar-refractivity contribution in [2.75, 3.05) is 7.11 Å². The quantitative estimate of drug-likeness (QED) is 0.321. The molecule has 0 atom stereocenters. The monoisotopic (exact) mass is 543 g/mol. The lowest BCUT2D eigenvalue weighted by Gasteiger charge is -2.25. The summed E-state index contributed by atoms with van der Waals surface area (Å²) >= 11 is 0. The third-order valence-corrected chi connectivity index (χ3v) is 9.09. The largest absolute Gasteiger partial charge is 0.481 e. The van der Waals surface area contributed by atoms with Gasteiger partial charge in [-0.3, -0.25) is 4.68 Å². The Morgan fingerprint density at radius 3 is 2.33 bits per heavy atom. The highest BCUT2D eigenvalue weighted by atomic mass is 32.2. The molecule has 200 valence electrons. The van der Waals surface area contributed by atoms with Crippen molar-refractivity contribution in [2.45, 2.75) is 49.6 Å². The molecule has 1 N–H and O–H groups in total. The number of hydrogen-bond acceptors (Lipinski definition) is 7. The van der Waals surface area contributed by atoms with Crippen LogP contribution in [0.3, 0.4) is 0 Å². The summed E-state index contributed by atoms with van der Waals surface area (Å²) in [6, 6.07) is 12.6. The summed E-state index contributed by atoms with van der Waals surface area (Å²) in [6.45, 7) is 1.92. The maximum absolute atomic E-state index is 13.7. The van der Waals surface area contributed by atoms with Crippen molar-refractivity contribution in [2.24, 2.45) is 0 Å². The third kappa shape index (κ3) is 4.70. The second-order valence-corrected chi connectivity index (χ2v) is 11.8. The molecule has 1 fully saturated rings. The first-order valence-electron chi connectivity index (χ1n) is 12.9. The molecule has 10 heteroatoms. The van der Waals surface area contributed by atoms with E-state index in [9.17, 15) is 13.5 Å². The minimum atomic E-state index is -3.90. The van der Waals surface area contributed by atoms with E-state index in [1.807, 2.05) is 36.1 Å². The fraction of sp³-hybridized carbons (Fsp3) is 0.276. The molecule has 0 unspecified atom stereocenters. The van der Waals surface area contributed by atoms with Gasteiger partial charge in [-0.2, -0.15) is 5.10 Å². The van der Waals surface area contributed by atoms with Crippen molar-refractivity contribution < 1.29 is 18.3 Å². The number of nitrogens with zero attached hydrogens (tertiary/aromatic N) is 5. The molecule has 0 saturated heterocycles. The Hall–Kier alpha value is -4.02. The van der Waals surface area contributed by atoms with Gasteiger partial charge in [-0.05, 0) is 56.9 Å². The van der Waals surface area contributed by atoms with Crippen LogP contribution in [0.4, 0.5) is 0 Å². The Labute approximate surface area is 226 Å². The number of aliphatic hydroxyl groups is 1. The lowest BCUT2D eigenvalue weighted by molar-refractivity contribution is 0.108. The van der Waals surface area contributed by atoms with Gasteiger partial charge in [0.05, 0.1) is 30.3 Å². The third-order valence-electron chi connectivity index (χ3n) is 7.42. The number of aliphatic hydroxyl groups excluding tert-OH is 1. The van der Waals surface area contributed by atoms with Gasteiger partial charge in [-0.25, -0.2) is 22.4 Å². The van der Waals surface area contributed by atoms with Gasteiger partial charge in [0, 0.05) is 58.5 Å². The number of aromatic nitrogens is 5. The summed E-state index contributed by atoms with van der Waals surface area (Å²) in [7, 11) is -2.35. The predicted octanol–water partition coefficient (Wildman–Crippen LogP) is 4.99. The molecule has 5 aromatic rings. The second-order valence-electron chi connectivity index (χ2n) is 10.0. The van der Waals surface area contributed by atoms with Gasteiger partial charge in [0.2, 0.25) is 5.88 Å². The summed E-state index contributed by atoms with van der Waals surface area (Å²) in [5, 5.41) is 15.1. The van der Waals surface area contributed by atoms with E-state index in [0.717, 1.165) is 47.9 Å². The van der Waals surface area contributed by atoms with Crippen molar-refractivity contribution in [3.63, 3.8) is 0 Å². The van der Waals surface area contributed by atoms with Crippen molar-refractivity contribution in [3.8, 4) is 28.1 Å². The fourth-order valence-corrected chi connectivity index (χ4v) is 6.47. The zero-order valence-corrected chi connectivity index (χ0v) is 22.5. The minimum Gasteiger partial charge on any atom is -0.481 e. The van der Waals surface area contributed by atoms with E-state index in [2.05, 4.69) is 15.1 Å². The molecule has 0 spiro atoms. The molecule has 1 aromatic carbocycles. The Morgan fingerprint density at radius 2 is 1.64 bits per heavy atom. The van der Waals surface area contributed by atoms with Crippen molar-refractivity contribution in [3.05, 3.63) is 79.0 Å². The molecule has 39 heavy (non-hydrogen) atoms. The molecule has 0 aliphatic heterocycles. The van der Waals surface area contributed by atoms with Crippen LogP contribution in [0.2, 0.25) is 0 Å². The van der Waals surface area contributed by atoms with E-state index >= 15 is 0 Å². The van der Waals surface area contributed by atoms with Gasteiger partial charge in [-0.1, -0.05) is 17.7 Å². The Bertz CT molecular complexity index is 1730. The van der Waals surface area contributed by atoms with Crippen molar-refractivity contribution >= 4 is 21.1 Å². The molecule has 0 radical (unpaired) electrons. The number of fused-ring (bicyclic) bond motifs is 1. The van der Waals surface area contributed by atoms with Crippen molar-refractivity contribution in [1.82, 2.24) is 23.7 Å². The summed E-state index contributed by atoms with van der Waals surface area (Å²) in [6.07, 6.45) is 11.9. The molecule has 9 nitrogen and oxygen atoms in total. The maximum Gasteiger partial charge on any atom is 0.269 e. The van der Waals surface area contributed by atoms with Crippen LogP contribution in [0.1, 0.15) is 37.3 Å². The van der Waals surface area contributed by atoms with Crippen LogP contribution in [-0.2, 0) is 10.0 Å². The molecule has 0 bridgehead atoms.